The summed E-state index contributed by atoms with van der Waals surface area (Å²) in [7, 11) is 0. The molecule has 0 aliphatic heterocycles. The van der Waals surface area contributed by atoms with Crippen molar-refractivity contribution < 1.29 is 0 Å². The summed E-state index contributed by atoms with van der Waals surface area (Å²) in [6.45, 7) is 21.3. The standard InChI is InChI=1S/C13H28/c1-10(2)13(9,11(3,4)5)12(6,7)8/h10H,1-9H3. The summed E-state index contributed by atoms with van der Waals surface area (Å²) in [6.07, 6.45) is 0. The van der Waals surface area contributed by atoms with Crippen LogP contribution in [0.4, 0.5) is 0 Å². The molecule has 0 radical (unpaired) electrons. The van der Waals surface area contributed by atoms with Gasteiger partial charge in [0.1, 0.15) is 0 Å². The van der Waals surface area contributed by atoms with Crippen LogP contribution in [-0.2, 0) is 0 Å². The van der Waals surface area contributed by atoms with Crippen molar-refractivity contribution in [1.82, 2.24) is 0 Å². The van der Waals surface area contributed by atoms with Gasteiger partial charge >= 0.3 is 0 Å². The van der Waals surface area contributed by atoms with Gasteiger partial charge in [0.25, 0.3) is 0 Å². The lowest BCUT2D eigenvalue weighted by atomic mass is 9.50. The molecule has 0 atom stereocenters. The normalized spacial score (nSPS) is 15.2. The minimum absolute atomic E-state index is 0.361. The first-order valence-electron chi connectivity index (χ1n) is 5.44. The highest BCUT2D eigenvalue weighted by Crippen LogP contribution is 2.55. The Hall–Kier alpha value is 0. The highest BCUT2D eigenvalue weighted by Gasteiger charge is 2.48. The zero-order valence-electron chi connectivity index (χ0n) is 11.1. The minimum Gasteiger partial charge on any atom is -0.0622 e. The second kappa shape index (κ2) is 3.29. The van der Waals surface area contributed by atoms with Gasteiger partial charge in [0.05, 0.1) is 0 Å². The molecule has 0 heterocycles. The Kier molecular flexibility index (Phi) is 3.29. The highest BCUT2D eigenvalue weighted by molar-refractivity contribution is 4.97. The van der Waals surface area contributed by atoms with Crippen LogP contribution in [0.1, 0.15) is 62.3 Å². The van der Waals surface area contributed by atoms with Crippen LogP contribution in [0.3, 0.4) is 0 Å². The third-order valence-electron chi connectivity index (χ3n) is 4.27. The van der Waals surface area contributed by atoms with E-state index in [4.69, 9.17) is 0 Å². The fourth-order valence-corrected chi connectivity index (χ4v) is 2.86. The Morgan fingerprint density at radius 1 is 0.615 bits per heavy atom. The second-order valence-electron chi connectivity index (χ2n) is 6.86. The average Bonchev–Trinajstić information content (AvgIpc) is 1.80. The molecule has 0 spiro atoms. The zero-order chi connectivity index (χ0) is 11.1. The van der Waals surface area contributed by atoms with Crippen molar-refractivity contribution in [3.05, 3.63) is 0 Å². The predicted octanol–water partition coefficient (Wildman–Crippen LogP) is 4.74. The fraction of sp³-hybridized carbons (Fsp3) is 1.00. The molecule has 0 nitrogen and oxygen atoms in total. The molecule has 0 aromatic rings. The SMILES string of the molecule is CC(C)C(C)(C(C)(C)C)C(C)(C)C. The lowest BCUT2D eigenvalue weighted by Gasteiger charge is -2.54. The van der Waals surface area contributed by atoms with Crippen LogP contribution in [-0.4, -0.2) is 0 Å². The summed E-state index contributed by atoms with van der Waals surface area (Å²) in [5, 5.41) is 0. The van der Waals surface area contributed by atoms with E-state index in [0.717, 1.165) is 0 Å². The second-order valence-corrected chi connectivity index (χ2v) is 6.86. The zero-order valence-corrected chi connectivity index (χ0v) is 11.1. The third kappa shape index (κ3) is 2.08. The molecule has 80 valence electrons. The smallest absolute Gasteiger partial charge is 0.0206 e. The van der Waals surface area contributed by atoms with E-state index in [2.05, 4.69) is 62.3 Å². The minimum atomic E-state index is 0.361. The molecule has 0 aliphatic carbocycles. The van der Waals surface area contributed by atoms with Gasteiger partial charge in [-0.05, 0) is 22.2 Å². The maximum absolute atomic E-state index is 2.43. The maximum Gasteiger partial charge on any atom is -0.0206 e. The fourth-order valence-electron chi connectivity index (χ4n) is 2.86. The Balaban J connectivity index is 5.22. The van der Waals surface area contributed by atoms with Crippen molar-refractivity contribution in [2.45, 2.75) is 62.3 Å². The maximum atomic E-state index is 2.43. The molecule has 0 rings (SSSR count). The molecule has 0 amide bonds. The molecule has 0 unspecified atom stereocenters. The molecular formula is C13H28. The molecule has 0 fully saturated rings. The van der Waals surface area contributed by atoms with E-state index in [0.29, 0.717) is 22.2 Å². The molecule has 13 heavy (non-hydrogen) atoms. The summed E-state index contributed by atoms with van der Waals surface area (Å²) in [5.41, 5.74) is 1.10. The molecular weight excluding hydrogens is 156 g/mol. The van der Waals surface area contributed by atoms with E-state index in [1.165, 1.54) is 0 Å². The number of rotatable bonds is 1. The lowest BCUT2D eigenvalue weighted by Crippen LogP contribution is -2.47. The molecule has 0 aromatic heterocycles. The summed E-state index contributed by atoms with van der Waals surface area (Å²) in [6, 6.07) is 0. The van der Waals surface area contributed by atoms with Crippen molar-refractivity contribution in [1.29, 1.82) is 0 Å². The van der Waals surface area contributed by atoms with Gasteiger partial charge in [0.15, 0.2) is 0 Å². The Morgan fingerprint density at radius 2 is 0.846 bits per heavy atom. The summed E-state index contributed by atoms with van der Waals surface area (Å²) >= 11 is 0. The van der Waals surface area contributed by atoms with E-state index in [9.17, 15) is 0 Å². The average molecular weight is 184 g/mol. The van der Waals surface area contributed by atoms with Crippen LogP contribution in [0.25, 0.3) is 0 Å². The summed E-state index contributed by atoms with van der Waals surface area (Å²) < 4.78 is 0. The molecule has 0 saturated heterocycles. The van der Waals surface area contributed by atoms with Crippen molar-refractivity contribution in [3.63, 3.8) is 0 Å². The molecule has 0 N–H and O–H groups in total. The topological polar surface area (TPSA) is 0 Å². The van der Waals surface area contributed by atoms with Crippen LogP contribution >= 0.6 is 0 Å². The first-order chi connectivity index (χ1) is 5.44. The molecule has 0 aliphatic rings. The van der Waals surface area contributed by atoms with Gasteiger partial charge in [-0.2, -0.15) is 0 Å². The van der Waals surface area contributed by atoms with Crippen LogP contribution in [0.2, 0.25) is 0 Å². The quantitative estimate of drug-likeness (QED) is 0.552. The lowest BCUT2D eigenvalue weighted by molar-refractivity contribution is -0.0563. The Bertz CT molecular complexity index is 147. The van der Waals surface area contributed by atoms with Crippen molar-refractivity contribution in [2.75, 3.05) is 0 Å². The summed E-state index contributed by atoms with van der Waals surface area (Å²) in [4.78, 5) is 0. The van der Waals surface area contributed by atoms with E-state index in [1.807, 2.05) is 0 Å². The molecule has 0 saturated carbocycles. The summed E-state index contributed by atoms with van der Waals surface area (Å²) in [5.74, 6) is 0.715. The van der Waals surface area contributed by atoms with Gasteiger partial charge in [0, 0.05) is 0 Å². The van der Waals surface area contributed by atoms with Gasteiger partial charge in [-0.3, -0.25) is 0 Å². The van der Waals surface area contributed by atoms with Crippen molar-refractivity contribution in [2.24, 2.45) is 22.2 Å². The number of hydrogen-bond donors (Lipinski definition) is 0. The van der Waals surface area contributed by atoms with Crippen molar-refractivity contribution >= 4 is 0 Å². The van der Waals surface area contributed by atoms with E-state index >= 15 is 0 Å². The van der Waals surface area contributed by atoms with E-state index < -0.39 is 0 Å². The first kappa shape index (κ1) is 13.0. The van der Waals surface area contributed by atoms with Crippen LogP contribution in [0.5, 0.6) is 0 Å². The van der Waals surface area contributed by atoms with Gasteiger partial charge in [-0.25, -0.2) is 0 Å². The van der Waals surface area contributed by atoms with Crippen LogP contribution < -0.4 is 0 Å². The largest absolute Gasteiger partial charge is 0.0622 e. The number of hydrogen-bond acceptors (Lipinski definition) is 0. The van der Waals surface area contributed by atoms with Gasteiger partial charge in [-0.1, -0.05) is 62.3 Å². The van der Waals surface area contributed by atoms with Crippen LogP contribution in [0.15, 0.2) is 0 Å². The highest BCUT2D eigenvalue weighted by atomic mass is 14.5. The van der Waals surface area contributed by atoms with Crippen molar-refractivity contribution in [3.8, 4) is 0 Å². The monoisotopic (exact) mass is 184 g/mol. The van der Waals surface area contributed by atoms with Gasteiger partial charge in [-0.15, -0.1) is 0 Å². The van der Waals surface area contributed by atoms with E-state index in [-0.39, 0.29) is 0 Å². The van der Waals surface area contributed by atoms with Gasteiger partial charge < -0.3 is 0 Å². The molecule has 0 aromatic carbocycles. The molecule has 0 heteroatoms. The van der Waals surface area contributed by atoms with Gasteiger partial charge in [0.2, 0.25) is 0 Å². The van der Waals surface area contributed by atoms with E-state index in [1.54, 1.807) is 0 Å². The Labute approximate surface area is 85.1 Å². The van der Waals surface area contributed by atoms with Crippen LogP contribution in [0, 0.1) is 22.2 Å². The third-order valence-corrected chi connectivity index (χ3v) is 4.27. The Morgan fingerprint density at radius 3 is 0.846 bits per heavy atom. The predicted molar refractivity (Wildman–Crippen MR) is 61.9 cm³/mol. The first-order valence-corrected chi connectivity index (χ1v) is 5.44. The molecule has 0 bridgehead atoms.